The highest BCUT2D eigenvalue weighted by Gasteiger charge is 2.14. The summed E-state index contributed by atoms with van der Waals surface area (Å²) in [5, 5.41) is 8.00. The Hall–Kier alpha value is -2.41. The third-order valence-electron chi connectivity index (χ3n) is 2.76. The Bertz CT molecular complexity index is 707. The van der Waals surface area contributed by atoms with E-state index in [1.165, 1.54) is 11.5 Å². The van der Waals surface area contributed by atoms with Crippen molar-refractivity contribution in [1.82, 2.24) is 14.5 Å². The van der Waals surface area contributed by atoms with E-state index in [1.54, 1.807) is 6.92 Å². The zero-order chi connectivity index (χ0) is 13.9. The highest BCUT2D eigenvalue weighted by molar-refractivity contribution is 7.11. The second-order valence-corrected chi connectivity index (χ2v) is 4.99. The van der Waals surface area contributed by atoms with E-state index in [4.69, 9.17) is 10.3 Å². The minimum atomic E-state index is 0.471. The van der Waals surface area contributed by atoms with Gasteiger partial charge < -0.3 is 15.6 Å². The molecule has 0 saturated carbocycles. The molecule has 7 heteroatoms. The SMILES string of the molecule is Cc1nc(CNc2snc(N)c2-c2ccccc2)no1. The second kappa shape index (κ2) is 5.30. The van der Waals surface area contributed by atoms with E-state index < -0.39 is 0 Å². The third kappa shape index (κ3) is 2.48. The van der Waals surface area contributed by atoms with Crippen molar-refractivity contribution in [3.8, 4) is 11.1 Å². The molecule has 3 rings (SSSR count). The lowest BCUT2D eigenvalue weighted by molar-refractivity contribution is 0.388. The summed E-state index contributed by atoms with van der Waals surface area (Å²) in [4.78, 5) is 4.15. The lowest BCUT2D eigenvalue weighted by Gasteiger charge is -2.05. The minimum Gasteiger partial charge on any atom is -0.382 e. The fourth-order valence-corrected chi connectivity index (χ4v) is 2.61. The molecule has 0 spiro atoms. The summed E-state index contributed by atoms with van der Waals surface area (Å²) in [5.41, 5.74) is 7.90. The summed E-state index contributed by atoms with van der Waals surface area (Å²) in [7, 11) is 0. The first-order valence-corrected chi connectivity index (χ1v) is 6.85. The van der Waals surface area contributed by atoms with E-state index in [0.717, 1.165) is 16.1 Å². The van der Waals surface area contributed by atoms with Crippen molar-refractivity contribution < 1.29 is 4.52 Å². The zero-order valence-electron chi connectivity index (χ0n) is 10.8. The lowest BCUT2D eigenvalue weighted by atomic mass is 10.1. The van der Waals surface area contributed by atoms with Crippen molar-refractivity contribution in [3.05, 3.63) is 42.0 Å². The number of benzene rings is 1. The number of nitrogens with two attached hydrogens (primary N) is 1. The van der Waals surface area contributed by atoms with Gasteiger partial charge in [0.25, 0.3) is 0 Å². The summed E-state index contributed by atoms with van der Waals surface area (Å²) in [6.07, 6.45) is 0. The Morgan fingerprint density at radius 2 is 2.10 bits per heavy atom. The monoisotopic (exact) mass is 287 g/mol. The van der Waals surface area contributed by atoms with E-state index in [-0.39, 0.29) is 0 Å². The average Bonchev–Trinajstić information content (AvgIpc) is 3.03. The molecule has 0 unspecified atom stereocenters. The molecule has 0 aliphatic carbocycles. The van der Waals surface area contributed by atoms with Gasteiger partial charge in [0, 0.05) is 6.92 Å². The summed E-state index contributed by atoms with van der Waals surface area (Å²) >= 11 is 1.32. The van der Waals surface area contributed by atoms with Crippen molar-refractivity contribution in [2.24, 2.45) is 0 Å². The number of aromatic nitrogens is 3. The number of anilines is 2. The highest BCUT2D eigenvalue weighted by Crippen LogP contribution is 2.36. The van der Waals surface area contributed by atoms with Crippen LogP contribution in [0.15, 0.2) is 34.9 Å². The van der Waals surface area contributed by atoms with Crippen LogP contribution in [0.5, 0.6) is 0 Å². The summed E-state index contributed by atoms with van der Waals surface area (Å²) < 4.78 is 9.14. The van der Waals surface area contributed by atoms with E-state index in [0.29, 0.717) is 24.1 Å². The number of nitrogens with one attached hydrogen (secondary N) is 1. The molecular weight excluding hydrogens is 274 g/mol. The van der Waals surface area contributed by atoms with Gasteiger partial charge in [0.05, 0.1) is 12.1 Å². The molecule has 6 nitrogen and oxygen atoms in total. The van der Waals surface area contributed by atoms with Gasteiger partial charge in [0.1, 0.15) is 10.8 Å². The average molecular weight is 287 g/mol. The normalized spacial score (nSPS) is 10.7. The molecule has 2 heterocycles. The van der Waals surface area contributed by atoms with Gasteiger partial charge in [0.2, 0.25) is 5.89 Å². The first-order chi connectivity index (χ1) is 9.74. The van der Waals surface area contributed by atoms with Crippen LogP contribution in [0.3, 0.4) is 0 Å². The molecule has 3 aromatic rings. The summed E-state index contributed by atoms with van der Waals surface area (Å²) in [6, 6.07) is 9.92. The third-order valence-corrected chi connectivity index (χ3v) is 3.58. The van der Waals surface area contributed by atoms with Crippen LogP contribution >= 0.6 is 11.5 Å². The standard InChI is InChI=1S/C13H13N5OS/c1-8-16-10(17-19-8)7-15-13-11(12(14)18-20-13)9-5-3-2-4-6-9/h2-6,15H,7H2,1H3,(H2,14,18). The summed E-state index contributed by atoms with van der Waals surface area (Å²) in [5.74, 6) is 1.68. The maximum Gasteiger partial charge on any atom is 0.223 e. The molecule has 1 aromatic carbocycles. The predicted molar refractivity (Wildman–Crippen MR) is 78.3 cm³/mol. The Morgan fingerprint density at radius 3 is 2.80 bits per heavy atom. The maximum absolute atomic E-state index is 5.96. The van der Waals surface area contributed by atoms with Crippen LogP contribution in [0.1, 0.15) is 11.7 Å². The molecule has 2 aromatic heterocycles. The Morgan fingerprint density at radius 1 is 1.30 bits per heavy atom. The quantitative estimate of drug-likeness (QED) is 0.766. The van der Waals surface area contributed by atoms with Crippen molar-refractivity contribution in [2.75, 3.05) is 11.1 Å². The van der Waals surface area contributed by atoms with Crippen LogP contribution in [0.4, 0.5) is 10.8 Å². The molecular formula is C13H13N5OS. The van der Waals surface area contributed by atoms with E-state index in [2.05, 4.69) is 19.8 Å². The van der Waals surface area contributed by atoms with Crippen molar-refractivity contribution >= 4 is 22.4 Å². The number of nitrogen functional groups attached to an aromatic ring is 1. The van der Waals surface area contributed by atoms with Gasteiger partial charge in [-0.1, -0.05) is 35.5 Å². The van der Waals surface area contributed by atoms with E-state index in [1.807, 2.05) is 30.3 Å². The fraction of sp³-hybridized carbons (Fsp3) is 0.154. The number of hydrogen-bond donors (Lipinski definition) is 2. The van der Waals surface area contributed by atoms with Crippen LogP contribution in [0.25, 0.3) is 11.1 Å². The van der Waals surface area contributed by atoms with Crippen molar-refractivity contribution in [3.63, 3.8) is 0 Å². The molecule has 0 atom stereocenters. The molecule has 0 radical (unpaired) electrons. The van der Waals surface area contributed by atoms with Crippen molar-refractivity contribution in [2.45, 2.75) is 13.5 Å². The molecule has 0 bridgehead atoms. The number of aryl methyl sites for hydroxylation is 1. The zero-order valence-corrected chi connectivity index (χ0v) is 11.6. The van der Waals surface area contributed by atoms with Gasteiger partial charge in [0.15, 0.2) is 5.82 Å². The van der Waals surface area contributed by atoms with Crippen LogP contribution in [0, 0.1) is 6.92 Å². The first-order valence-electron chi connectivity index (χ1n) is 6.07. The van der Waals surface area contributed by atoms with Gasteiger partial charge in [-0.05, 0) is 17.1 Å². The van der Waals surface area contributed by atoms with Gasteiger partial charge in [-0.2, -0.15) is 9.36 Å². The van der Waals surface area contributed by atoms with Crippen LogP contribution in [-0.2, 0) is 6.54 Å². The minimum absolute atomic E-state index is 0.471. The molecule has 102 valence electrons. The number of rotatable bonds is 4. The number of hydrogen-bond acceptors (Lipinski definition) is 7. The Balaban J connectivity index is 1.84. The lowest BCUT2D eigenvalue weighted by Crippen LogP contribution is -2.01. The van der Waals surface area contributed by atoms with Crippen LogP contribution in [-0.4, -0.2) is 14.5 Å². The van der Waals surface area contributed by atoms with Gasteiger partial charge in [-0.15, -0.1) is 0 Å². The molecule has 0 amide bonds. The van der Waals surface area contributed by atoms with Crippen molar-refractivity contribution in [1.29, 1.82) is 0 Å². The molecule has 0 fully saturated rings. The number of nitrogens with zero attached hydrogens (tertiary/aromatic N) is 3. The predicted octanol–water partition coefficient (Wildman–Crippen LogP) is 2.70. The van der Waals surface area contributed by atoms with Gasteiger partial charge >= 0.3 is 0 Å². The topological polar surface area (TPSA) is 89.9 Å². The molecule has 20 heavy (non-hydrogen) atoms. The van der Waals surface area contributed by atoms with Gasteiger partial charge in [-0.25, -0.2) is 0 Å². The Labute approximate surface area is 119 Å². The molecule has 0 aliphatic heterocycles. The smallest absolute Gasteiger partial charge is 0.223 e. The second-order valence-electron chi connectivity index (χ2n) is 4.22. The first kappa shape index (κ1) is 12.6. The molecule has 0 aliphatic rings. The molecule has 0 saturated heterocycles. The maximum atomic E-state index is 5.96. The fourth-order valence-electron chi connectivity index (χ4n) is 1.88. The van der Waals surface area contributed by atoms with Crippen LogP contribution in [0.2, 0.25) is 0 Å². The van der Waals surface area contributed by atoms with E-state index >= 15 is 0 Å². The van der Waals surface area contributed by atoms with E-state index in [9.17, 15) is 0 Å². The van der Waals surface area contributed by atoms with Crippen LogP contribution < -0.4 is 11.1 Å². The molecule has 3 N–H and O–H groups in total. The largest absolute Gasteiger partial charge is 0.382 e. The summed E-state index contributed by atoms with van der Waals surface area (Å²) in [6.45, 7) is 2.23. The highest BCUT2D eigenvalue weighted by atomic mass is 32.1. The Kier molecular flexibility index (Phi) is 3.34. The van der Waals surface area contributed by atoms with Gasteiger partial charge in [-0.3, -0.25) is 0 Å².